The van der Waals surface area contributed by atoms with Crippen molar-refractivity contribution in [1.29, 1.82) is 0 Å². The van der Waals surface area contributed by atoms with Gasteiger partial charge < -0.3 is 4.74 Å². The number of ether oxygens (including phenoxy) is 1. The van der Waals surface area contributed by atoms with Crippen molar-refractivity contribution < 1.29 is 9.53 Å². The molecule has 0 aliphatic carbocycles. The maximum absolute atomic E-state index is 11.5. The average Bonchev–Trinajstić information content (AvgIpc) is 2.26. The molecule has 0 radical (unpaired) electrons. The lowest BCUT2D eigenvalue weighted by atomic mass is 10.0. The molecule has 2 rings (SSSR count). The molecule has 0 saturated heterocycles. The van der Waals surface area contributed by atoms with E-state index in [0.717, 1.165) is 21.1 Å². The van der Waals surface area contributed by atoms with E-state index in [1.165, 1.54) is 0 Å². The summed E-state index contributed by atoms with van der Waals surface area (Å²) in [5.74, 6) is -0.201. The van der Waals surface area contributed by atoms with Gasteiger partial charge in [-0.3, -0.25) is 0 Å². The van der Waals surface area contributed by atoms with Gasteiger partial charge in [0.25, 0.3) is 0 Å². The molecule has 1 heterocycles. The molecule has 0 fully saturated rings. The van der Waals surface area contributed by atoms with Crippen molar-refractivity contribution in [2.75, 3.05) is 0 Å². The Kier molecular flexibility index (Phi) is 3.09. The van der Waals surface area contributed by atoms with Crippen molar-refractivity contribution >= 4 is 28.6 Å². The zero-order valence-corrected chi connectivity index (χ0v) is 10.5. The largest absolute Gasteiger partial charge is 0.453 e. The van der Waals surface area contributed by atoms with Crippen LogP contribution in [0.5, 0.6) is 0 Å². The summed E-state index contributed by atoms with van der Waals surface area (Å²) in [5.41, 5.74) is 2.18. The van der Waals surface area contributed by atoms with E-state index >= 15 is 0 Å². The lowest BCUT2D eigenvalue weighted by Gasteiger charge is -2.23. The predicted octanol–water partition coefficient (Wildman–Crippen LogP) is 3.38. The van der Waals surface area contributed by atoms with Gasteiger partial charge in [-0.1, -0.05) is 30.3 Å². The first-order valence-electron chi connectivity index (χ1n) is 4.79. The molecule has 0 aromatic heterocycles. The molecule has 78 valence electrons. The molecule has 1 atom stereocenters. The predicted molar refractivity (Wildman–Crippen MR) is 66.6 cm³/mol. The van der Waals surface area contributed by atoms with Crippen LogP contribution in [-0.2, 0) is 9.53 Å². The van der Waals surface area contributed by atoms with Crippen molar-refractivity contribution in [1.82, 2.24) is 0 Å². The lowest BCUT2D eigenvalue weighted by molar-refractivity contribution is -0.144. The smallest absolute Gasteiger partial charge is 0.344 e. The Bertz CT molecular complexity index is 409. The van der Waals surface area contributed by atoms with Crippen LogP contribution in [0.4, 0.5) is 0 Å². The zero-order valence-electron chi connectivity index (χ0n) is 8.37. The maximum atomic E-state index is 11.5. The highest BCUT2D eigenvalue weighted by Crippen LogP contribution is 2.34. The van der Waals surface area contributed by atoms with E-state index in [-0.39, 0.29) is 12.1 Å². The van der Waals surface area contributed by atoms with Gasteiger partial charge >= 0.3 is 5.97 Å². The van der Waals surface area contributed by atoms with Crippen LogP contribution >= 0.6 is 22.6 Å². The SMILES string of the molecule is CC1=C(I)C(=O)OC(c2ccccc2)C1. The molecule has 1 aliphatic rings. The molecule has 2 nitrogen and oxygen atoms in total. The van der Waals surface area contributed by atoms with E-state index in [1.54, 1.807) is 0 Å². The Hall–Kier alpha value is -0.840. The van der Waals surface area contributed by atoms with E-state index in [4.69, 9.17) is 4.74 Å². The molecule has 1 aromatic carbocycles. The Morgan fingerprint density at radius 2 is 2.00 bits per heavy atom. The minimum absolute atomic E-state index is 0.114. The fourth-order valence-corrected chi connectivity index (χ4v) is 1.97. The van der Waals surface area contributed by atoms with E-state index in [9.17, 15) is 4.79 Å². The number of carbonyl (C=O) groups is 1. The molecular formula is C12H11IO2. The van der Waals surface area contributed by atoms with Crippen LogP contribution in [0.1, 0.15) is 25.0 Å². The van der Waals surface area contributed by atoms with Gasteiger partial charge in [-0.25, -0.2) is 4.79 Å². The fraction of sp³-hybridized carbons (Fsp3) is 0.250. The van der Waals surface area contributed by atoms with Gasteiger partial charge in [0.2, 0.25) is 0 Å². The molecule has 3 heteroatoms. The molecule has 0 saturated carbocycles. The normalized spacial score (nSPS) is 21.5. The Morgan fingerprint density at radius 3 is 2.60 bits per heavy atom. The van der Waals surface area contributed by atoms with Crippen LogP contribution in [0.3, 0.4) is 0 Å². The first kappa shape index (κ1) is 10.7. The lowest BCUT2D eigenvalue weighted by Crippen LogP contribution is -2.17. The molecule has 1 unspecified atom stereocenters. The second-order valence-corrected chi connectivity index (χ2v) is 4.68. The minimum atomic E-state index is -0.201. The van der Waals surface area contributed by atoms with Crippen molar-refractivity contribution in [3.63, 3.8) is 0 Å². The van der Waals surface area contributed by atoms with Gasteiger partial charge in [0.05, 0.1) is 3.58 Å². The third-order valence-electron chi connectivity index (χ3n) is 2.47. The van der Waals surface area contributed by atoms with E-state index in [1.807, 2.05) is 59.8 Å². The number of hydrogen-bond acceptors (Lipinski definition) is 2. The van der Waals surface area contributed by atoms with Crippen molar-refractivity contribution in [2.45, 2.75) is 19.4 Å². The molecular weight excluding hydrogens is 303 g/mol. The van der Waals surface area contributed by atoms with Crippen LogP contribution in [0.25, 0.3) is 0 Å². The summed E-state index contributed by atoms with van der Waals surface area (Å²) in [4.78, 5) is 11.5. The number of hydrogen-bond donors (Lipinski definition) is 0. The Morgan fingerprint density at radius 1 is 1.33 bits per heavy atom. The van der Waals surface area contributed by atoms with Crippen molar-refractivity contribution in [3.8, 4) is 0 Å². The number of carbonyl (C=O) groups excluding carboxylic acids is 1. The summed E-state index contributed by atoms with van der Waals surface area (Å²) in [7, 11) is 0. The zero-order chi connectivity index (χ0) is 10.8. The topological polar surface area (TPSA) is 26.3 Å². The van der Waals surface area contributed by atoms with Crippen LogP contribution in [0, 0.1) is 0 Å². The highest BCUT2D eigenvalue weighted by atomic mass is 127. The van der Waals surface area contributed by atoms with Gasteiger partial charge in [-0.15, -0.1) is 0 Å². The van der Waals surface area contributed by atoms with E-state index < -0.39 is 0 Å². The summed E-state index contributed by atoms with van der Waals surface area (Å²) in [5, 5.41) is 0. The Balaban J connectivity index is 2.26. The van der Waals surface area contributed by atoms with Crippen LogP contribution < -0.4 is 0 Å². The first-order chi connectivity index (χ1) is 7.18. The summed E-state index contributed by atoms with van der Waals surface area (Å²) in [6.45, 7) is 1.98. The second kappa shape index (κ2) is 4.35. The van der Waals surface area contributed by atoms with E-state index in [0.29, 0.717) is 0 Å². The average molecular weight is 314 g/mol. The number of halogens is 1. The quantitative estimate of drug-likeness (QED) is 0.587. The third-order valence-corrected chi connectivity index (χ3v) is 3.83. The summed E-state index contributed by atoms with van der Waals surface area (Å²) < 4.78 is 6.07. The molecule has 0 N–H and O–H groups in total. The second-order valence-electron chi connectivity index (χ2n) is 3.60. The highest BCUT2D eigenvalue weighted by Gasteiger charge is 2.26. The standard InChI is InChI=1S/C12H11IO2/c1-8-7-10(15-12(14)11(8)13)9-5-3-2-4-6-9/h2-6,10H,7H2,1H3. The van der Waals surface area contributed by atoms with E-state index in [2.05, 4.69) is 0 Å². The number of rotatable bonds is 1. The molecule has 0 amide bonds. The molecule has 1 aromatic rings. The van der Waals surface area contributed by atoms with Gasteiger partial charge in [0, 0.05) is 6.42 Å². The summed E-state index contributed by atoms with van der Waals surface area (Å²) >= 11 is 2.04. The van der Waals surface area contributed by atoms with Crippen molar-refractivity contribution in [2.24, 2.45) is 0 Å². The number of esters is 1. The molecule has 0 bridgehead atoms. The van der Waals surface area contributed by atoms with Gasteiger partial charge in [-0.2, -0.15) is 0 Å². The van der Waals surface area contributed by atoms with Crippen molar-refractivity contribution in [3.05, 3.63) is 45.0 Å². The van der Waals surface area contributed by atoms with Crippen LogP contribution in [0.2, 0.25) is 0 Å². The molecule has 15 heavy (non-hydrogen) atoms. The molecule has 0 spiro atoms. The summed E-state index contributed by atoms with van der Waals surface area (Å²) in [6, 6.07) is 9.86. The summed E-state index contributed by atoms with van der Waals surface area (Å²) in [6.07, 6.45) is 0.686. The van der Waals surface area contributed by atoms with Gasteiger partial charge in [0.15, 0.2) is 0 Å². The monoisotopic (exact) mass is 314 g/mol. The molecule has 1 aliphatic heterocycles. The fourth-order valence-electron chi connectivity index (χ4n) is 1.62. The van der Waals surface area contributed by atoms with Gasteiger partial charge in [0.1, 0.15) is 6.10 Å². The van der Waals surface area contributed by atoms with Crippen LogP contribution in [0.15, 0.2) is 39.5 Å². The first-order valence-corrected chi connectivity index (χ1v) is 5.87. The maximum Gasteiger partial charge on any atom is 0.344 e. The minimum Gasteiger partial charge on any atom is -0.453 e. The van der Waals surface area contributed by atoms with Gasteiger partial charge in [-0.05, 0) is 40.7 Å². The highest BCUT2D eigenvalue weighted by molar-refractivity contribution is 14.1. The third kappa shape index (κ3) is 2.22. The van der Waals surface area contributed by atoms with Crippen LogP contribution in [-0.4, -0.2) is 5.97 Å². The Labute approximate surface area is 102 Å². The number of benzene rings is 1. The number of cyclic esters (lactones) is 1.